The molecule has 4 rings (SSSR count). The van der Waals surface area contributed by atoms with Crippen LogP contribution in [0.5, 0.6) is 5.75 Å². The SMILES string of the molecule is CCOC(=O)C1=C(C)N=c2s/c(=C\c3ccc(Br)cc3)c(=O)n2[C@@H]1c1ccccc1OC. The number of methoxy groups -OCH3 is 1. The van der Waals surface area contributed by atoms with E-state index in [-0.39, 0.29) is 12.2 Å². The van der Waals surface area contributed by atoms with Crippen molar-refractivity contribution in [2.75, 3.05) is 13.7 Å². The summed E-state index contributed by atoms with van der Waals surface area (Å²) in [5.74, 6) is 0.0864. The monoisotopic (exact) mass is 512 g/mol. The van der Waals surface area contributed by atoms with Gasteiger partial charge in [-0.05, 0) is 43.7 Å². The molecule has 0 radical (unpaired) electrons. The Labute approximate surface area is 197 Å². The van der Waals surface area contributed by atoms with Crippen molar-refractivity contribution in [3.05, 3.63) is 95.1 Å². The second kappa shape index (κ2) is 9.26. The van der Waals surface area contributed by atoms with Crippen molar-refractivity contribution in [3.63, 3.8) is 0 Å². The minimum atomic E-state index is -0.700. The molecule has 0 bridgehead atoms. The van der Waals surface area contributed by atoms with Crippen molar-refractivity contribution in [2.24, 2.45) is 4.99 Å². The molecule has 2 aromatic carbocycles. The number of halogens is 1. The van der Waals surface area contributed by atoms with E-state index >= 15 is 0 Å². The molecular weight excluding hydrogens is 492 g/mol. The van der Waals surface area contributed by atoms with Crippen LogP contribution in [0.3, 0.4) is 0 Å². The quantitative estimate of drug-likeness (QED) is 0.490. The fraction of sp³-hybridized carbons (Fsp3) is 0.208. The molecule has 0 N–H and O–H groups in total. The lowest BCUT2D eigenvalue weighted by Gasteiger charge is -2.25. The first kappa shape index (κ1) is 22.2. The number of carbonyl (C=O) groups excluding carboxylic acids is 1. The molecule has 1 aliphatic heterocycles. The highest BCUT2D eigenvalue weighted by atomic mass is 79.9. The van der Waals surface area contributed by atoms with E-state index < -0.39 is 12.0 Å². The molecule has 0 saturated carbocycles. The number of esters is 1. The summed E-state index contributed by atoms with van der Waals surface area (Å²) in [7, 11) is 1.57. The van der Waals surface area contributed by atoms with Crippen LogP contribution in [0.4, 0.5) is 0 Å². The van der Waals surface area contributed by atoms with E-state index in [0.29, 0.717) is 31.9 Å². The largest absolute Gasteiger partial charge is 0.496 e. The zero-order chi connectivity index (χ0) is 22.8. The van der Waals surface area contributed by atoms with E-state index in [1.165, 1.54) is 11.3 Å². The van der Waals surface area contributed by atoms with Gasteiger partial charge in [0.15, 0.2) is 4.80 Å². The molecule has 0 spiro atoms. The number of rotatable bonds is 5. The lowest BCUT2D eigenvalue weighted by Crippen LogP contribution is -2.40. The third kappa shape index (κ3) is 4.08. The molecule has 1 atom stereocenters. The average molecular weight is 513 g/mol. The van der Waals surface area contributed by atoms with Crippen molar-refractivity contribution in [1.82, 2.24) is 4.57 Å². The minimum Gasteiger partial charge on any atom is -0.496 e. The standard InChI is InChI=1S/C24H21BrN2O4S/c1-4-31-23(29)20-14(2)26-24-27(21(20)17-7-5-6-8-18(17)30-3)22(28)19(32-24)13-15-9-11-16(25)12-10-15/h5-13,21H,4H2,1-3H3/b19-13-/t21-/m1/s1. The topological polar surface area (TPSA) is 69.9 Å². The summed E-state index contributed by atoms with van der Waals surface area (Å²) in [6.45, 7) is 3.74. The highest BCUT2D eigenvalue weighted by Gasteiger charge is 2.34. The number of thiazole rings is 1. The van der Waals surface area contributed by atoms with Crippen LogP contribution < -0.4 is 19.6 Å². The van der Waals surface area contributed by atoms with Gasteiger partial charge in [0.1, 0.15) is 11.8 Å². The number of carbonyl (C=O) groups is 1. The van der Waals surface area contributed by atoms with Crippen LogP contribution in [-0.4, -0.2) is 24.3 Å². The fourth-order valence-electron chi connectivity index (χ4n) is 3.69. The second-order valence-corrected chi connectivity index (χ2v) is 9.02. The van der Waals surface area contributed by atoms with Crippen LogP contribution in [0, 0.1) is 0 Å². The Morgan fingerprint density at radius 1 is 1.22 bits per heavy atom. The highest BCUT2D eigenvalue weighted by Crippen LogP contribution is 2.35. The summed E-state index contributed by atoms with van der Waals surface area (Å²) < 4.78 is 13.9. The Bertz CT molecular complexity index is 1390. The molecule has 0 fully saturated rings. The molecule has 2 heterocycles. The first-order valence-corrected chi connectivity index (χ1v) is 11.6. The fourth-order valence-corrected chi connectivity index (χ4v) is 5.00. The third-order valence-electron chi connectivity index (χ3n) is 5.12. The summed E-state index contributed by atoms with van der Waals surface area (Å²) in [6.07, 6.45) is 1.83. The van der Waals surface area contributed by atoms with Crippen LogP contribution in [0.25, 0.3) is 6.08 Å². The first-order chi connectivity index (χ1) is 15.4. The molecule has 1 aliphatic rings. The van der Waals surface area contributed by atoms with E-state index in [2.05, 4.69) is 20.9 Å². The van der Waals surface area contributed by atoms with Crippen molar-refractivity contribution in [1.29, 1.82) is 0 Å². The average Bonchev–Trinajstić information content (AvgIpc) is 3.09. The zero-order valence-electron chi connectivity index (χ0n) is 17.8. The van der Waals surface area contributed by atoms with E-state index in [9.17, 15) is 9.59 Å². The molecular formula is C24H21BrN2O4S. The summed E-state index contributed by atoms with van der Waals surface area (Å²) in [4.78, 5) is 31.6. The van der Waals surface area contributed by atoms with Crippen LogP contribution in [-0.2, 0) is 9.53 Å². The number of hydrogen-bond acceptors (Lipinski definition) is 6. The van der Waals surface area contributed by atoms with E-state index in [1.54, 1.807) is 25.5 Å². The van der Waals surface area contributed by atoms with E-state index in [4.69, 9.17) is 9.47 Å². The van der Waals surface area contributed by atoms with Crippen LogP contribution in [0.15, 0.2) is 74.1 Å². The van der Waals surface area contributed by atoms with Gasteiger partial charge in [0.05, 0.1) is 29.5 Å². The van der Waals surface area contributed by atoms with Gasteiger partial charge in [-0.2, -0.15) is 0 Å². The maximum atomic E-state index is 13.6. The van der Waals surface area contributed by atoms with Crippen molar-refractivity contribution in [3.8, 4) is 5.75 Å². The summed E-state index contributed by atoms with van der Waals surface area (Å²) in [6, 6.07) is 14.4. The summed E-state index contributed by atoms with van der Waals surface area (Å²) in [5, 5.41) is 0. The van der Waals surface area contributed by atoms with Crippen LogP contribution in [0.2, 0.25) is 0 Å². The predicted molar refractivity (Wildman–Crippen MR) is 128 cm³/mol. The number of nitrogens with zero attached hydrogens (tertiary/aromatic N) is 2. The maximum absolute atomic E-state index is 13.6. The molecule has 0 unspecified atom stereocenters. The number of aromatic nitrogens is 1. The van der Waals surface area contributed by atoms with Gasteiger partial charge in [0.25, 0.3) is 5.56 Å². The van der Waals surface area contributed by atoms with E-state index in [0.717, 1.165) is 10.0 Å². The molecule has 164 valence electrons. The number of hydrogen-bond donors (Lipinski definition) is 0. The Balaban J connectivity index is 1.98. The van der Waals surface area contributed by atoms with Gasteiger partial charge in [0.2, 0.25) is 0 Å². The van der Waals surface area contributed by atoms with Crippen LogP contribution >= 0.6 is 27.3 Å². The van der Waals surface area contributed by atoms with Gasteiger partial charge >= 0.3 is 5.97 Å². The first-order valence-electron chi connectivity index (χ1n) is 10.0. The molecule has 3 aromatic rings. The Morgan fingerprint density at radius 3 is 2.62 bits per heavy atom. The summed E-state index contributed by atoms with van der Waals surface area (Å²) >= 11 is 4.72. The lowest BCUT2D eigenvalue weighted by atomic mass is 9.95. The molecule has 6 nitrogen and oxygen atoms in total. The molecule has 0 amide bonds. The van der Waals surface area contributed by atoms with E-state index in [1.807, 2.05) is 54.6 Å². The lowest BCUT2D eigenvalue weighted by molar-refractivity contribution is -0.139. The van der Waals surface area contributed by atoms with Gasteiger partial charge in [-0.15, -0.1) is 0 Å². The van der Waals surface area contributed by atoms with Crippen molar-refractivity contribution in [2.45, 2.75) is 19.9 Å². The third-order valence-corrected chi connectivity index (χ3v) is 6.63. The van der Waals surface area contributed by atoms with Crippen LogP contribution in [0.1, 0.15) is 31.0 Å². The van der Waals surface area contributed by atoms with Gasteiger partial charge in [-0.25, -0.2) is 9.79 Å². The normalized spacial score (nSPS) is 15.9. The summed E-state index contributed by atoms with van der Waals surface area (Å²) in [5.41, 5.74) is 2.23. The molecule has 32 heavy (non-hydrogen) atoms. The Morgan fingerprint density at radius 2 is 1.94 bits per heavy atom. The predicted octanol–water partition coefficient (Wildman–Crippen LogP) is 3.57. The van der Waals surface area contributed by atoms with Gasteiger partial charge in [0, 0.05) is 10.0 Å². The molecule has 0 saturated heterocycles. The van der Waals surface area contributed by atoms with Crippen molar-refractivity contribution >= 4 is 39.3 Å². The maximum Gasteiger partial charge on any atom is 0.338 e. The number of ether oxygens (including phenoxy) is 2. The molecule has 8 heteroatoms. The van der Waals surface area contributed by atoms with Gasteiger partial charge in [-0.3, -0.25) is 9.36 Å². The highest BCUT2D eigenvalue weighted by molar-refractivity contribution is 9.10. The van der Waals surface area contributed by atoms with Gasteiger partial charge < -0.3 is 9.47 Å². The Hall–Kier alpha value is -2.97. The number of allylic oxidation sites excluding steroid dienone is 1. The second-order valence-electron chi connectivity index (χ2n) is 7.10. The van der Waals surface area contributed by atoms with Crippen molar-refractivity contribution < 1.29 is 14.3 Å². The molecule has 0 aliphatic carbocycles. The number of para-hydroxylation sites is 1. The smallest absolute Gasteiger partial charge is 0.338 e. The zero-order valence-corrected chi connectivity index (χ0v) is 20.2. The van der Waals surface area contributed by atoms with Gasteiger partial charge in [-0.1, -0.05) is 57.6 Å². The molecule has 1 aromatic heterocycles. The number of fused-ring (bicyclic) bond motifs is 1. The number of benzene rings is 2. The Kier molecular flexibility index (Phi) is 6.43. The minimum absolute atomic E-state index is 0.220.